The number of furan rings is 1. The van der Waals surface area contributed by atoms with Crippen LogP contribution in [0.15, 0.2) is 52.9 Å². The molecule has 2 N–H and O–H groups in total. The van der Waals surface area contributed by atoms with Gasteiger partial charge in [0.05, 0.1) is 6.10 Å². The third kappa shape index (κ3) is 3.16. The Kier molecular flexibility index (Phi) is 4.03. The Morgan fingerprint density at radius 2 is 1.96 bits per heavy atom. The summed E-state index contributed by atoms with van der Waals surface area (Å²) in [5.41, 5.74) is 1.40. The molecule has 0 fully saturated rings. The summed E-state index contributed by atoms with van der Waals surface area (Å²) in [5, 5.41) is 13.9. The van der Waals surface area contributed by atoms with Gasteiger partial charge in [0.2, 0.25) is 6.79 Å². The third-order valence-corrected chi connectivity index (χ3v) is 4.13. The predicted octanol–water partition coefficient (Wildman–Crippen LogP) is 3.02. The molecule has 3 aromatic rings. The maximum Gasteiger partial charge on any atom is 0.287 e. The molecule has 6 heteroatoms. The van der Waals surface area contributed by atoms with Crippen molar-refractivity contribution in [1.82, 2.24) is 5.32 Å². The molecule has 0 saturated heterocycles. The Morgan fingerprint density at radius 1 is 1.12 bits per heavy atom. The Labute approximate surface area is 144 Å². The van der Waals surface area contributed by atoms with Crippen molar-refractivity contribution in [3.63, 3.8) is 0 Å². The summed E-state index contributed by atoms with van der Waals surface area (Å²) in [6.45, 7) is 0.522. The Bertz CT molecular complexity index is 884. The second kappa shape index (κ2) is 6.49. The normalized spacial score (nSPS) is 13.8. The lowest BCUT2D eigenvalue weighted by Gasteiger charge is -2.12. The van der Waals surface area contributed by atoms with Crippen molar-refractivity contribution in [2.45, 2.75) is 12.5 Å². The lowest BCUT2D eigenvalue weighted by molar-refractivity contribution is 0.0917. The number of aliphatic hydroxyl groups excluding tert-OH is 1. The largest absolute Gasteiger partial charge is 0.454 e. The number of benzene rings is 2. The molecular formula is C19H17NO5. The van der Waals surface area contributed by atoms with Crippen molar-refractivity contribution < 1.29 is 23.8 Å². The number of rotatable bonds is 5. The van der Waals surface area contributed by atoms with Crippen LogP contribution < -0.4 is 14.8 Å². The van der Waals surface area contributed by atoms with Gasteiger partial charge >= 0.3 is 0 Å². The minimum atomic E-state index is -0.703. The summed E-state index contributed by atoms with van der Waals surface area (Å²) in [6, 6.07) is 14.5. The molecular weight excluding hydrogens is 322 g/mol. The fourth-order valence-corrected chi connectivity index (χ4v) is 2.79. The van der Waals surface area contributed by atoms with E-state index in [9.17, 15) is 9.90 Å². The smallest absolute Gasteiger partial charge is 0.287 e. The molecule has 2 aromatic carbocycles. The van der Waals surface area contributed by atoms with Crippen molar-refractivity contribution in [3.8, 4) is 11.5 Å². The fourth-order valence-electron chi connectivity index (χ4n) is 2.79. The molecule has 0 spiro atoms. The molecule has 4 rings (SSSR count). The maximum atomic E-state index is 12.2. The lowest BCUT2D eigenvalue weighted by atomic mass is 10.1. The number of para-hydroxylation sites is 1. The molecule has 0 radical (unpaired) electrons. The number of nitrogens with one attached hydrogen (secondary N) is 1. The van der Waals surface area contributed by atoms with Crippen LogP contribution in [0, 0.1) is 0 Å². The quantitative estimate of drug-likeness (QED) is 0.747. The number of hydrogen-bond donors (Lipinski definition) is 2. The van der Waals surface area contributed by atoms with E-state index in [0.717, 1.165) is 10.9 Å². The predicted molar refractivity (Wildman–Crippen MR) is 90.7 cm³/mol. The zero-order chi connectivity index (χ0) is 17.2. The van der Waals surface area contributed by atoms with Crippen molar-refractivity contribution >= 4 is 16.9 Å². The van der Waals surface area contributed by atoms with E-state index in [-0.39, 0.29) is 18.5 Å². The van der Waals surface area contributed by atoms with Gasteiger partial charge < -0.3 is 24.3 Å². The Balaban J connectivity index is 1.34. The molecule has 6 nitrogen and oxygen atoms in total. The van der Waals surface area contributed by atoms with Gasteiger partial charge in [0, 0.05) is 11.9 Å². The highest BCUT2D eigenvalue weighted by Gasteiger charge is 2.17. The molecule has 0 saturated carbocycles. The first kappa shape index (κ1) is 15.5. The van der Waals surface area contributed by atoms with Gasteiger partial charge in [-0.2, -0.15) is 0 Å². The van der Waals surface area contributed by atoms with Crippen molar-refractivity contribution in [2.75, 3.05) is 13.3 Å². The summed E-state index contributed by atoms with van der Waals surface area (Å²) in [6.07, 6.45) is -0.323. The van der Waals surface area contributed by atoms with E-state index in [2.05, 4.69) is 5.32 Å². The van der Waals surface area contributed by atoms with Crippen LogP contribution in [0.1, 0.15) is 28.6 Å². The first-order chi connectivity index (χ1) is 12.2. The summed E-state index contributed by atoms with van der Waals surface area (Å²) in [4.78, 5) is 12.2. The Hall–Kier alpha value is -2.99. The van der Waals surface area contributed by atoms with Gasteiger partial charge in [-0.05, 0) is 36.2 Å². The van der Waals surface area contributed by atoms with Crippen LogP contribution in [0.4, 0.5) is 0 Å². The van der Waals surface area contributed by atoms with Crippen LogP contribution in [0.2, 0.25) is 0 Å². The van der Waals surface area contributed by atoms with Gasteiger partial charge in [0.1, 0.15) is 5.58 Å². The minimum Gasteiger partial charge on any atom is -0.454 e. The second-order valence-electron chi connectivity index (χ2n) is 5.82. The highest BCUT2D eigenvalue weighted by atomic mass is 16.7. The number of amides is 1. The number of hydrogen-bond acceptors (Lipinski definition) is 5. The lowest BCUT2D eigenvalue weighted by Crippen LogP contribution is -2.25. The third-order valence-electron chi connectivity index (χ3n) is 4.13. The summed E-state index contributed by atoms with van der Waals surface area (Å²) in [5.74, 6) is 1.27. The SMILES string of the molecule is O=C(NCC[C@H](O)c1ccc2c(c1)OCO2)c1cc2ccccc2o1. The van der Waals surface area contributed by atoms with Crippen molar-refractivity contribution in [2.24, 2.45) is 0 Å². The summed E-state index contributed by atoms with van der Waals surface area (Å²) < 4.78 is 16.1. The fraction of sp³-hybridized carbons (Fsp3) is 0.211. The summed E-state index contributed by atoms with van der Waals surface area (Å²) >= 11 is 0. The van der Waals surface area contributed by atoms with Crippen LogP contribution in [-0.4, -0.2) is 24.4 Å². The average molecular weight is 339 g/mol. The van der Waals surface area contributed by atoms with Crippen LogP contribution in [-0.2, 0) is 0 Å². The average Bonchev–Trinajstić information content (AvgIpc) is 3.27. The topological polar surface area (TPSA) is 80.9 Å². The second-order valence-corrected chi connectivity index (χ2v) is 5.82. The first-order valence-electron chi connectivity index (χ1n) is 8.05. The molecule has 1 aliphatic rings. The number of fused-ring (bicyclic) bond motifs is 2. The van der Waals surface area contributed by atoms with Crippen LogP contribution >= 0.6 is 0 Å². The van der Waals surface area contributed by atoms with E-state index >= 15 is 0 Å². The van der Waals surface area contributed by atoms with E-state index in [1.165, 1.54) is 0 Å². The first-order valence-corrected chi connectivity index (χ1v) is 8.05. The standard InChI is InChI=1S/C19H17NO5/c21-14(12-5-6-16-17(9-12)24-11-23-16)7-8-20-19(22)18-10-13-3-1-2-4-15(13)25-18/h1-6,9-10,14,21H,7-8,11H2,(H,20,22)/t14-/m0/s1. The van der Waals surface area contributed by atoms with Gasteiger partial charge in [0.25, 0.3) is 5.91 Å². The van der Waals surface area contributed by atoms with Crippen LogP contribution in [0.25, 0.3) is 11.0 Å². The maximum absolute atomic E-state index is 12.2. The van der Waals surface area contributed by atoms with E-state index in [4.69, 9.17) is 13.9 Å². The zero-order valence-electron chi connectivity index (χ0n) is 13.4. The highest BCUT2D eigenvalue weighted by Crippen LogP contribution is 2.34. The molecule has 0 unspecified atom stereocenters. The number of ether oxygens (including phenoxy) is 2. The molecule has 0 bridgehead atoms. The molecule has 1 aliphatic heterocycles. The van der Waals surface area contributed by atoms with Crippen molar-refractivity contribution in [1.29, 1.82) is 0 Å². The van der Waals surface area contributed by atoms with Gasteiger partial charge in [-0.1, -0.05) is 24.3 Å². The zero-order valence-corrected chi connectivity index (χ0v) is 13.4. The van der Waals surface area contributed by atoms with E-state index < -0.39 is 6.10 Å². The molecule has 1 atom stereocenters. The van der Waals surface area contributed by atoms with Gasteiger partial charge in [0.15, 0.2) is 17.3 Å². The summed E-state index contributed by atoms with van der Waals surface area (Å²) in [7, 11) is 0. The minimum absolute atomic E-state index is 0.197. The number of aliphatic hydroxyl groups is 1. The monoisotopic (exact) mass is 339 g/mol. The molecule has 2 heterocycles. The van der Waals surface area contributed by atoms with Gasteiger partial charge in [-0.25, -0.2) is 0 Å². The van der Waals surface area contributed by atoms with E-state index in [0.29, 0.717) is 30.0 Å². The highest BCUT2D eigenvalue weighted by molar-refractivity contribution is 5.96. The molecule has 0 aliphatic carbocycles. The number of carbonyl (C=O) groups excluding carboxylic acids is 1. The molecule has 1 aromatic heterocycles. The van der Waals surface area contributed by atoms with E-state index in [1.807, 2.05) is 24.3 Å². The molecule has 1 amide bonds. The molecule has 128 valence electrons. The van der Waals surface area contributed by atoms with Gasteiger partial charge in [-0.3, -0.25) is 4.79 Å². The number of carbonyl (C=O) groups is 1. The van der Waals surface area contributed by atoms with E-state index in [1.54, 1.807) is 24.3 Å². The van der Waals surface area contributed by atoms with Crippen molar-refractivity contribution in [3.05, 3.63) is 59.9 Å². The van der Waals surface area contributed by atoms with Gasteiger partial charge in [-0.15, -0.1) is 0 Å². The molecule has 25 heavy (non-hydrogen) atoms. The van der Waals surface area contributed by atoms with Crippen LogP contribution in [0.5, 0.6) is 11.5 Å². The Morgan fingerprint density at radius 3 is 2.84 bits per heavy atom. The van der Waals surface area contributed by atoms with Crippen LogP contribution in [0.3, 0.4) is 0 Å².